The first-order chi connectivity index (χ1) is 7.02. The van der Waals surface area contributed by atoms with Crippen LogP contribution >= 0.6 is 0 Å². The Kier molecular flexibility index (Phi) is 3.86. The third-order valence-corrected chi connectivity index (χ3v) is 2.28. The van der Waals surface area contributed by atoms with E-state index in [0.29, 0.717) is 0 Å². The highest BCUT2D eigenvalue weighted by molar-refractivity contribution is 5.81. The third-order valence-electron chi connectivity index (χ3n) is 2.28. The number of rotatable bonds is 4. The van der Waals surface area contributed by atoms with Crippen LogP contribution in [0.15, 0.2) is 24.3 Å². The van der Waals surface area contributed by atoms with Crippen LogP contribution in [0, 0.1) is 6.92 Å². The van der Waals surface area contributed by atoms with E-state index in [1.54, 1.807) is 0 Å². The molecule has 0 saturated carbocycles. The number of nitrogens with two attached hydrogens (primary N) is 1. The maximum Gasteiger partial charge on any atom is 0.239 e. The molecule has 1 rings (SSSR count). The van der Waals surface area contributed by atoms with Crippen molar-refractivity contribution in [3.05, 3.63) is 35.4 Å². The van der Waals surface area contributed by atoms with E-state index in [0.717, 1.165) is 11.1 Å². The maximum atomic E-state index is 11.3. The van der Waals surface area contributed by atoms with Crippen molar-refractivity contribution in [2.75, 3.05) is 0 Å². The number of nitrogens with one attached hydrogen (secondary N) is 1. The molecular formula is C12H18N2O. The van der Waals surface area contributed by atoms with Gasteiger partial charge in [0.05, 0.1) is 0 Å². The van der Waals surface area contributed by atoms with E-state index in [1.165, 1.54) is 0 Å². The summed E-state index contributed by atoms with van der Waals surface area (Å²) in [6.45, 7) is 5.97. The minimum atomic E-state index is -0.397. The summed E-state index contributed by atoms with van der Waals surface area (Å²) in [5.74, 6) is -0.335. The van der Waals surface area contributed by atoms with Crippen LogP contribution in [0.3, 0.4) is 0 Å². The molecule has 0 radical (unpaired) electrons. The molecule has 1 atom stereocenters. The van der Waals surface area contributed by atoms with Gasteiger partial charge in [0, 0.05) is 6.04 Å². The van der Waals surface area contributed by atoms with E-state index in [4.69, 9.17) is 5.73 Å². The number of aryl methyl sites for hydroxylation is 1. The van der Waals surface area contributed by atoms with Crippen LogP contribution in [-0.2, 0) is 4.79 Å². The largest absolute Gasteiger partial charge is 0.368 e. The Labute approximate surface area is 90.7 Å². The zero-order valence-electron chi connectivity index (χ0n) is 9.45. The lowest BCUT2D eigenvalue weighted by atomic mass is 10.0. The van der Waals surface area contributed by atoms with Crippen molar-refractivity contribution in [3.8, 4) is 0 Å². The topological polar surface area (TPSA) is 55.1 Å². The number of carbonyl (C=O) groups excluding carboxylic acids is 1. The Morgan fingerprint density at radius 2 is 1.93 bits per heavy atom. The van der Waals surface area contributed by atoms with Gasteiger partial charge in [-0.05, 0) is 31.9 Å². The number of benzene rings is 1. The predicted octanol–water partition coefficient (Wildman–Crippen LogP) is 1.52. The molecule has 3 N–H and O–H groups in total. The number of amides is 1. The van der Waals surface area contributed by atoms with Crippen LogP contribution < -0.4 is 11.1 Å². The second-order valence-electron chi connectivity index (χ2n) is 4.01. The van der Waals surface area contributed by atoms with Gasteiger partial charge in [-0.25, -0.2) is 0 Å². The van der Waals surface area contributed by atoms with Gasteiger partial charge in [0.15, 0.2) is 0 Å². The predicted molar refractivity (Wildman–Crippen MR) is 61.4 cm³/mol. The Bertz CT molecular complexity index is 347. The molecule has 1 unspecified atom stereocenters. The van der Waals surface area contributed by atoms with E-state index in [2.05, 4.69) is 5.32 Å². The highest BCUT2D eigenvalue weighted by Gasteiger charge is 2.19. The summed E-state index contributed by atoms with van der Waals surface area (Å²) in [5, 5.41) is 3.16. The first-order valence-corrected chi connectivity index (χ1v) is 5.13. The maximum absolute atomic E-state index is 11.3. The lowest BCUT2D eigenvalue weighted by Crippen LogP contribution is -2.37. The Morgan fingerprint density at radius 1 is 1.33 bits per heavy atom. The first-order valence-electron chi connectivity index (χ1n) is 5.13. The zero-order valence-corrected chi connectivity index (χ0v) is 9.45. The summed E-state index contributed by atoms with van der Waals surface area (Å²) in [7, 11) is 0. The normalized spacial score (nSPS) is 12.8. The van der Waals surface area contributed by atoms with E-state index >= 15 is 0 Å². The molecule has 0 heterocycles. The molecule has 15 heavy (non-hydrogen) atoms. The average molecular weight is 206 g/mol. The van der Waals surface area contributed by atoms with Crippen LogP contribution in [-0.4, -0.2) is 11.9 Å². The Balaban J connectivity index is 2.99. The summed E-state index contributed by atoms with van der Waals surface area (Å²) in [6, 6.07) is 7.60. The molecule has 1 aromatic carbocycles. The van der Waals surface area contributed by atoms with Crippen LogP contribution in [0.2, 0.25) is 0 Å². The van der Waals surface area contributed by atoms with Crippen molar-refractivity contribution in [2.45, 2.75) is 32.9 Å². The molecule has 0 saturated heterocycles. The molecule has 0 fully saturated rings. The SMILES string of the molecule is Cc1ccccc1C(NC(C)C)C(N)=O. The van der Waals surface area contributed by atoms with Crippen LogP contribution in [0.1, 0.15) is 31.0 Å². The molecule has 0 aliphatic rings. The van der Waals surface area contributed by atoms with Gasteiger partial charge in [-0.3, -0.25) is 10.1 Å². The fraction of sp³-hybridized carbons (Fsp3) is 0.417. The molecule has 3 nitrogen and oxygen atoms in total. The summed E-state index contributed by atoms with van der Waals surface area (Å²) in [4.78, 5) is 11.3. The number of hydrogen-bond donors (Lipinski definition) is 2. The van der Waals surface area contributed by atoms with Crippen molar-refractivity contribution >= 4 is 5.91 Å². The van der Waals surface area contributed by atoms with Gasteiger partial charge in [-0.2, -0.15) is 0 Å². The molecule has 0 aliphatic carbocycles. The first kappa shape index (κ1) is 11.7. The second-order valence-corrected chi connectivity index (χ2v) is 4.01. The molecule has 0 bridgehead atoms. The van der Waals surface area contributed by atoms with Crippen LogP contribution in [0.4, 0.5) is 0 Å². The molecule has 0 spiro atoms. The molecule has 3 heteroatoms. The highest BCUT2D eigenvalue weighted by Crippen LogP contribution is 2.17. The van der Waals surface area contributed by atoms with E-state index in [1.807, 2.05) is 45.0 Å². The van der Waals surface area contributed by atoms with Gasteiger partial charge < -0.3 is 5.73 Å². The minimum Gasteiger partial charge on any atom is -0.368 e. The van der Waals surface area contributed by atoms with Crippen LogP contribution in [0.25, 0.3) is 0 Å². The fourth-order valence-corrected chi connectivity index (χ4v) is 1.57. The molecule has 82 valence electrons. The fourth-order valence-electron chi connectivity index (χ4n) is 1.57. The van der Waals surface area contributed by atoms with Gasteiger partial charge in [0.25, 0.3) is 0 Å². The monoisotopic (exact) mass is 206 g/mol. The number of primary amides is 1. The van der Waals surface area contributed by atoms with E-state index < -0.39 is 6.04 Å². The average Bonchev–Trinajstić information content (AvgIpc) is 2.15. The molecule has 1 amide bonds. The Morgan fingerprint density at radius 3 is 2.40 bits per heavy atom. The minimum absolute atomic E-state index is 0.224. The van der Waals surface area contributed by atoms with Gasteiger partial charge in [-0.15, -0.1) is 0 Å². The highest BCUT2D eigenvalue weighted by atomic mass is 16.1. The molecule has 1 aromatic rings. The number of carbonyl (C=O) groups is 1. The van der Waals surface area contributed by atoms with Gasteiger partial charge in [0.2, 0.25) is 5.91 Å². The van der Waals surface area contributed by atoms with Crippen molar-refractivity contribution in [1.82, 2.24) is 5.32 Å². The van der Waals surface area contributed by atoms with Gasteiger partial charge in [0.1, 0.15) is 6.04 Å². The van der Waals surface area contributed by atoms with Crippen molar-refractivity contribution < 1.29 is 4.79 Å². The third kappa shape index (κ3) is 3.06. The standard InChI is InChI=1S/C12H18N2O/c1-8(2)14-11(12(13)15)10-7-5-4-6-9(10)3/h4-8,11,14H,1-3H3,(H2,13,15). The lowest BCUT2D eigenvalue weighted by Gasteiger charge is -2.20. The smallest absolute Gasteiger partial charge is 0.239 e. The van der Waals surface area contributed by atoms with Gasteiger partial charge in [-0.1, -0.05) is 24.3 Å². The summed E-state index contributed by atoms with van der Waals surface area (Å²) in [5.41, 5.74) is 7.42. The van der Waals surface area contributed by atoms with E-state index in [-0.39, 0.29) is 11.9 Å². The van der Waals surface area contributed by atoms with Crippen molar-refractivity contribution in [1.29, 1.82) is 0 Å². The van der Waals surface area contributed by atoms with Crippen molar-refractivity contribution in [2.24, 2.45) is 5.73 Å². The second kappa shape index (κ2) is 4.94. The Hall–Kier alpha value is -1.35. The molecular weight excluding hydrogens is 188 g/mol. The summed E-state index contributed by atoms with van der Waals surface area (Å²) < 4.78 is 0. The quantitative estimate of drug-likeness (QED) is 0.784. The van der Waals surface area contributed by atoms with Crippen molar-refractivity contribution in [3.63, 3.8) is 0 Å². The van der Waals surface area contributed by atoms with Gasteiger partial charge >= 0.3 is 0 Å². The zero-order chi connectivity index (χ0) is 11.4. The summed E-state index contributed by atoms with van der Waals surface area (Å²) in [6.07, 6.45) is 0. The van der Waals surface area contributed by atoms with E-state index in [9.17, 15) is 4.79 Å². The molecule has 0 aliphatic heterocycles. The number of hydrogen-bond acceptors (Lipinski definition) is 2. The lowest BCUT2D eigenvalue weighted by molar-refractivity contribution is -0.120. The molecule has 0 aromatic heterocycles. The summed E-state index contributed by atoms with van der Waals surface area (Å²) >= 11 is 0. The van der Waals surface area contributed by atoms with Crippen LogP contribution in [0.5, 0.6) is 0 Å².